The smallest absolute Gasteiger partial charge is 0.106 e. The highest BCUT2D eigenvalue weighted by Gasteiger charge is 1.99. The second kappa shape index (κ2) is 4.21. The third-order valence-electron chi connectivity index (χ3n) is 1.46. The molecule has 1 aromatic carbocycles. The summed E-state index contributed by atoms with van der Waals surface area (Å²) >= 11 is 5.19. The Morgan fingerprint density at radius 3 is 2.33 bits per heavy atom. The van der Waals surface area contributed by atoms with Crippen LogP contribution in [0.25, 0.3) is 0 Å². The van der Waals surface area contributed by atoms with Gasteiger partial charge in [0.15, 0.2) is 0 Å². The van der Waals surface area contributed by atoms with Crippen LogP contribution < -0.4 is 5.32 Å². The number of thiocarbonyl (C=S) groups is 1. The van der Waals surface area contributed by atoms with E-state index < -0.39 is 0 Å². The molecule has 1 aromatic rings. The first-order valence-electron chi connectivity index (χ1n) is 4.06. The molecule has 0 heterocycles. The average molecular weight is 179 g/mol. The van der Waals surface area contributed by atoms with Crippen molar-refractivity contribution in [2.45, 2.75) is 19.9 Å². The van der Waals surface area contributed by atoms with Crippen LogP contribution in [0.1, 0.15) is 19.4 Å². The maximum atomic E-state index is 5.19. The van der Waals surface area contributed by atoms with E-state index in [9.17, 15) is 0 Å². The minimum absolute atomic E-state index is 0.401. The Morgan fingerprint density at radius 1 is 1.25 bits per heavy atom. The van der Waals surface area contributed by atoms with Gasteiger partial charge in [-0.1, -0.05) is 42.5 Å². The Bertz CT molecular complexity index is 254. The Morgan fingerprint density at radius 2 is 1.83 bits per heavy atom. The zero-order chi connectivity index (χ0) is 8.97. The van der Waals surface area contributed by atoms with Crippen LogP contribution in [0.15, 0.2) is 30.3 Å². The Kier molecular flexibility index (Phi) is 3.23. The number of hydrogen-bond acceptors (Lipinski definition) is 1. The molecule has 1 N–H and O–H groups in total. The zero-order valence-corrected chi connectivity index (χ0v) is 8.19. The van der Waals surface area contributed by atoms with Crippen molar-refractivity contribution in [1.29, 1.82) is 0 Å². The van der Waals surface area contributed by atoms with Gasteiger partial charge >= 0.3 is 0 Å². The van der Waals surface area contributed by atoms with Crippen molar-refractivity contribution in [3.05, 3.63) is 35.9 Å². The van der Waals surface area contributed by atoms with Crippen LogP contribution in [0, 0.1) is 0 Å². The van der Waals surface area contributed by atoms with E-state index in [1.807, 2.05) is 30.3 Å². The fourth-order valence-corrected chi connectivity index (χ4v) is 1.31. The van der Waals surface area contributed by atoms with E-state index in [-0.39, 0.29) is 0 Å². The third-order valence-corrected chi connectivity index (χ3v) is 1.81. The summed E-state index contributed by atoms with van der Waals surface area (Å²) < 4.78 is 0. The molecular weight excluding hydrogens is 166 g/mol. The number of benzene rings is 1. The zero-order valence-electron chi connectivity index (χ0n) is 7.37. The molecule has 0 atom stereocenters. The summed E-state index contributed by atoms with van der Waals surface area (Å²) in [5.41, 5.74) is 1.08. The van der Waals surface area contributed by atoms with Crippen LogP contribution in [0.3, 0.4) is 0 Å². The Labute approximate surface area is 78.8 Å². The fourth-order valence-electron chi connectivity index (χ4n) is 0.935. The summed E-state index contributed by atoms with van der Waals surface area (Å²) in [4.78, 5) is 0.825. The molecule has 0 saturated carbocycles. The maximum absolute atomic E-state index is 5.19. The predicted octanol–water partition coefficient (Wildman–Crippen LogP) is 2.36. The Hall–Kier alpha value is -0.890. The minimum atomic E-state index is 0.401. The van der Waals surface area contributed by atoms with Gasteiger partial charge in [-0.2, -0.15) is 0 Å². The Balaban J connectivity index is 2.66. The monoisotopic (exact) mass is 179 g/mol. The molecule has 0 radical (unpaired) electrons. The first kappa shape index (κ1) is 9.20. The summed E-state index contributed by atoms with van der Waals surface area (Å²) in [5, 5.41) is 3.19. The van der Waals surface area contributed by atoms with Gasteiger partial charge in [0, 0.05) is 11.6 Å². The first-order valence-corrected chi connectivity index (χ1v) is 4.47. The summed E-state index contributed by atoms with van der Waals surface area (Å²) in [7, 11) is 0. The maximum Gasteiger partial charge on any atom is 0.106 e. The van der Waals surface area contributed by atoms with Crippen molar-refractivity contribution in [3.63, 3.8) is 0 Å². The van der Waals surface area contributed by atoms with Gasteiger partial charge in [0.25, 0.3) is 0 Å². The largest absolute Gasteiger partial charge is 0.374 e. The summed E-state index contributed by atoms with van der Waals surface area (Å²) in [6, 6.07) is 10.4. The van der Waals surface area contributed by atoms with Crippen molar-refractivity contribution in [1.82, 2.24) is 5.32 Å². The van der Waals surface area contributed by atoms with Crippen LogP contribution in [-0.4, -0.2) is 11.0 Å². The predicted molar refractivity (Wildman–Crippen MR) is 56.4 cm³/mol. The van der Waals surface area contributed by atoms with Gasteiger partial charge in [0.2, 0.25) is 0 Å². The molecule has 0 bridgehead atoms. The molecule has 0 saturated heterocycles. The summed E-state index contributed by atoms with van der Waals surface area (Å²) in [5.74, 6) is 0. The lowest BCUT2D eigenvalue weighted by atomic mass is 10.2. The number of nitrogens with one attached hydrogen (secondary N) is 1. The molecule has 0 amide bonds. The molecule has 0 unspecified atom stereocenters. The molecule has 0 spiro atoms. The molecule has 0 aliphatic rings. The van der Waals surface area contributed by atoms with Gasteiger partial charge < -0.3 is 5.32 Å². The van der Waals surface area contributed by atoms with E-state index in [4.69, 9.17) is 12.2 Å². The van der Waals surface area contributed by atoms with Gasteiger partial charge in [-0.05, 0) is 13.8 Å². The molecule has 2 heteroatoms. The lowest BCUT2D eigenvalue weighted by molar-refractivity contribution is 0.740. The van der Waals surface area contributed by atoms with E-state index in [2.05, 4.69) is 19.2 Å². The van der Waals surface area contributed by atoms with Crippen molar-refractivity contribution >= 4 is 17.2 Å². The second-order valence-electron chi connectivity index (χ2n) is 2.99. The van der Waals surface area contributed by atoms with Gasteiger partial charge in [-0.15, -0.1) is 0 Å². The van der Waals surface area contributed by atoms with Crippen LogP contribution >= 0.6 is 12.2 Å². The van der Waals surface area contributed by atoms with E-state index in [1.54, 1.807) is 0 Å². The van der Waals surface area contributed by atoms with Gasteiger partial charge in [-0.3, -0.25) is 0 Å². The molecule has 1 rings (SSSR count). The van der Waals surface area contributed by atoms with Crippen molar-refractivity contribution in [2.24, 2.45) is 0 Å². The van der Waals surface area contributed by atoms with Gasteiger partial charge in [0.05, 0.1) is 0 Å². The number of hydrogen-bond donors (Lipinski definition) is 1. The molecule has 0 aliphatic carbocycles. The molecule has 1 nitrogen and oxygen atoms in total. The molecular formula is C10H13NS. The SMILES string of the molecule is CC(C)NC(=S)c1ccccc1. The highest BCUT2D eigenvalue weighted by atomic mass is 32.1. The fraction of sp³-hybridized carbons (Fsp3) is 0.300. The van der Waals surface area contributed by atoms with Crippen LogP contribution in [0.2, 0.25) is 0 Å². The quantitative estimate of drug-likeness (QED) is 0.699. The van der Waals surface area contributed by atoms with E-state index in [0.717, 1.165) is 10.6 Å². The normalized spacial score (nSPS) is 9.92. The summed E-state index contributed by atoms with van der Waals surface area (Å²) in [6.07, 6.45) is 0. The van der Waals surface area contributed by atoms with Crippen molar-refractivity contribution in [2.75, 3.05) is 0 Å². The lowest BCUT2D eigenvalue weighted by Gasteiger charge is -2.10. The first-order chi connectivity index (χ1) is 5.70. The van der Waals surface area contributed by atoms with Crippen molar-refractivity contribution in [3.8, 4) is 0 Å². The van der Waals surface area contributed by atoms with E-state index >= 15 is 0 Å². The number of rotatable bonds is 2. The second-order valence-corrected chi connectivity index (χ2v) is 3.40. The highest BCUT2D eigenvalue weighted by molar-refractivity contribution is 7.80. The van der Waals surface area contributed by atoms with Crippen LogP contribution in [0.4, 0.5) is 0 Å². The molecule has 12 heavy (non-hydrogen) atoms. The van der Waals surface area contributed by atoms with Crippen LogP contribution in [0.5, 0.6) is 0 Å². The van der Waals surface area contributed by atoms with E-state index in [1.165, 1.54) is 0 Å². The van der Waals surface area contributed by atoms with Gasteiger partial charge in [-0.25, -0.2) is 0 Å². The summed E-state index contributed by atoms with van der Waals surface area (Å²) in [6.45, 7) is 4.16. The van der Waals surface area contributed by atoms with Gasteiger partial charge in [0.1, 0.15) is 4.99 Å². The lowest BCUT2D eigenvalue weighted by Crippen LogP contribution is -2.29. The standard InChI is InChI=1S/C10H13NS/c1-8(2)11-10(12)9-6-4-3-5-7-9/h3-8H,1-2H3,(H,11,12). The van der Waals surface area contributed by atoms with E-state index in [0.29, 0.717) is 6.04 Å². The topological polar surface area (TPSA) is 12.0 Å². The molecule has 64 valence electrons. The van der Waals surface area contributed by atoms with Crippen LogP contribution in [-0.2, 0) is 0 Å². The minimum Gasteiger partial charge on any atom is -0.374 e. The third kappa shape index (κ3) is 2.62. The molecule has 0 aliphatic heterocycles. The average Bonchev–Trinajstić information content (AvgIpc) is 2.05. The molecule has 0 fully saturated rings. The molecule has 0 aromatic heterocycles. The highest BCUT2D eigenvalue weighted by Crippen LogP contribution is 1.99. The van der Waals surface area contributed by atoms with Crippen molar-refractivity contribution < 1.29 is 0 Å².